The zero-order valence-corrected chi connectivity index (χ0v) is 14.7. The van der Waals surface area contributed by atoms with Crippen LogP contribution in [0.3, 0.4) is 0 Å². The molecule has 0 N–H and O–H groups in total. The summed E-state index contributed by atoms with van der Waals surface area (Å²) in [5, 5.41) is 1.05. The Morgan fingerprint density at radius 1 is 1.25 bits per heavy atom. The van der Waals surface area contributed by atoms with E-state index in [-0.39, 0.29) is 5.91 Å². The number of hydrogen-bond acceptors (Lipinski definition) is 4. The Morgan fingerprint density at radius 2 is 2.12 bits per heavy atom. The minimum Gasteiger partial charge on any atom is -0.457 e. The van der Waals surface area contributed by atoms with Gasteiger partial charge in [0.05, 0.1) is 4.91 Å². The van der Waals surface area contributed by atoms with Crippen LogP contribution < -0.4 is 0 Å². The summed E-state index contributed by atoms with van der Waals surface area (Å²) in [6, 6.07) is 10.2. The highest BCUT2D eigenvalue weighted by molar-refractivity contribution is 8.26. The van der Waals surface area contributed by atoms with E-state index in [2.05, 4.69) is 0 Å². The van der Waals surface area contributed by atoms with E-state index in [9.17, 15) is 4.79 Å². The average molecular weight is 355 g/mol. The van der Waals surface area contributed by atoms with Crippen molar-refractivity contribution >= 4 is 51.3 Å². The first kappa shape index (κ1) is 14.7. The van der Waals surface area contributed by atoms with Crippen molar-refractivity contribution in [3.63, 3.8) is 0 Å². The first-order valence-corrected chi connectivity index (χ1v) is 9.67. The number of carbonyl (C=O) groups is 1. The van der Waals surface area contributed by atoms with E-state index in [1.807, 2.05) is 41.3 Å². The lowest BCUT2D eigenvalue weighted by atomic mass is 9.94. The van der Waals surface area contributed by atoms with Gasteiger partial charge in [0.1, 0.15) is 15.7 Å². The molecule has 2 heterocycles. The molecule has 3 nitrogen and oxygen atoms in total. The second kappa shape index (κ2) is 5.46. The summed E-state index contributed by atoms with van der Waals surface area (Å²) in [4.78, 5) is 15.5. The fourth-order valence-electron chi connectivity index (χ4n) is 4.50. The largest absolute Gasteiger partial charge is 0.457 e. The summed E-state index contributed by atoms with van der Waals surface area (Å²) in [6.07, 6.45) is 6.80. The van der Waals surface area contributed by atoms with E-state index in [1.165, 1.54) is 31.0 Å². The van der Waals surface area contributed by atoms with Gasteiger partial charge in [-0.05, 0) is 43.2 Å². The van der Waals surface area contributed by atoms with Gasteiger partial charge in [0.2, 0.25) is 0 Å². The molecule has 3 atom stereocenters. The van der Waals surface area contributed by atoms with Crippen LogP contribution in [0.4, 0.5) is 0 Å². The van der Waals surface area contributed by atoms with E-state index in [4.69, 9.17) is 16.6 Å². The van der Waals surface area contributed by atoms with E-state index in [0.717, 1.165) is 23.3 Å². The van der Waals surface area contributed by atoms with Crippen LogP contribution in [0.1, 0.15) is 31.4 Å². The van der Waals surface area contributed by atoms with Crippen molar-refractivity contribution in [1.29, 1.82) is 0 Å². The fourth-order valence-corrected chi connectivity index (χ4v) is 5.85. The number of para-hydroxylation sites is 1. The summed E-state index contributed by atoms with van der Waals surface area (Å²) >= 11 is 6.93. The lowest BCUT2D eigenvalue weighted by Gasteiger charge is -2.30. The lowest BCUT2D eigenvalue weighted by molar-refractivity contribution is -0.124. The summed E-state index contributed by atoms with van der Waals surface area (Å²) in [5.74, 6) is 2.21. The summed E-state index contributed by atoms with van der Waals surface area (Å²) in [6.45, 7) is 0. The molecule has 2 aliphatic carbocycles. The topological polar surface area (TPSA) is 33.5 Å². The third-order valence-electron chi connectivity index (χ3n) is 5.57. The van der Waals surface area contributed by atoms with Crippen molar-refractivity contribution in [2.75, 3.05) is 0 Å². The Labute approximate surface area is 150 Å². The van der Waals surface area contributed by atoms with Crippen LogP contribution in [0.5, 0.6) is 0 Å². The van der Waals surface area contributed by atoms with E-state index in [1.54, 1.807) is 0 Å². The first-order valence-electron chi connectivity index (χ1n) is 8.45. The minimum absolute atomic E-state index is 0.0583. The van der Waals surface area contributed by atoms with E-state index >= 15 is 0 Å². The van der Waals surface area contributed by atoms with Crippen molar-refractivity contribution in [3.8, 4) is 0 Å². The van der Waals surface area contributed by atoms with Crippen molar-refractivity contribution in [3.05, 3.63) is 41.0 Å². The molecule has 5 rings (SSSR count). The van der Waals surface area contributed by atoms with Crippen molar-refractivity contribution in [1.82, 2.24) is 4.90 Å². The molecule has 2 saturated carbocycles. The fraction of sp³-hybridized carbons (Fsp3) is 0.368. The molecule has 3 unspecified atom stereocenters. The molecule has 3 aliphatic rings. The highest BCUT2D eigenvalue weighted by Crippen LogP contribution is 2.49. The summed E-state index contributed by atoms with van der Waals surface area (Å²) in [7, 11) is 0. The first-order chi connectivity index (χ1) is 11.7. The second-order valence-electron chi connectivity index (χ2n) is 6.98. The normalized spacial score (nSPS) is 31.1. The molecular formula is C19H17NO2S2. The quantitative estimate of drug-likeness (QED) is 0.571. The molecule has 2 bridgehead atoms. The number of nitrogens with zero attached hydrogens (tertiary/aromatic N) is 1. The molecule has 0 radical (unpaired) electrons. The van der Waals surface area contributed by atoms with E-state index in [0.29, 0.717) is 26.9 Å². The van der Waals surface area contributed by atoms with Crippen LogP contribution in [0.25, 0.3) is 17.0 Å². The van der Waals surface area contributed by atoms with Crippen LogP contribution in [0.15, 0.2) is 39.7 Å². The molecule has 1 amide bonds. The second-order valence-corrected chi connectivity index (χ2v) is 8.66. The Balaban J connectivity index is 1.45. The Hall–Kier alpha value is -1.59. The Morgan fingerprint density at radius 3 is 2.88 bits per heavy atom. The maximum atomic E-state index is 12.9. The molecule has 2 aromatic rings. The van der Waals surface area contributed by atoms with Crippen LogP contribution >= 0.6 is 24.0 Å². The van der Waals surface area contributed by atoms with Crippen molar-refractivity contribution in [2.24, 2.45) is 11.8 Å². The number of thioether (sulfide) groups is 1. The maximum Gasteiger partial charge on any atom is 0.266 e. The monoisotopic (exact) mass is 355 g/mol. The number of hydrogen-bond donors (Lipinski definition) is 0. The molecule has 5 heteroatoms. The molecule has 24 heavy (non-hydrogen) atoms. The van der Waals surface area contributed by atoms with Gasteiger partial charge >= 0.3 is 0 Å². The standard InChI is InChI=1S/C19H17NO2S2/c21-18-17(10-14-9-13-3-1-2-4-16(13)22-14)24-19(23)20(18)15-8-11-5-6-12(15)7-11/h1-4,9-12,15H,5-8H2/b17-10-. The predicted octanol–water partition coefficient (Wildman–Crippen LogP) is 4.82. The zero-order chi connectivity index (χ0) is 16.3. The van der Waals surface area contributed by atoms with Gasteiger partial charge in [-0.15, -0.1) is 0 Å². The third-order valence-corrected chi connectivity index (χ3v) is 6.90. The molecule has 1 aromatic carbocycles. The number of thiocarbonyl (C=S) groups is 1. The number of fused-ring (bicyclic) bond motifs is 3. The summed E-state index contributed by atoms with van der Waals surface area (Å²) < 4.78 is 6.53. The number of rotatable bonds is 2. The third kappa shape index (κ3) is 2.25. The highest BCUT2D eigenvalue weighted by atomic mass is 32.2. The number of benzene rings is 1. The predicted molar refractivity (Wildman–Crippen MR) is 100 cm³/mol. The van der Waals surface area contributed by atoms with Gasteiger partial charge < -0.3 is 4.42 Å². The minimum atomic E-state index is 0.0583. The SMILES string of the molecule is O=C1/C(=C/c2cc3ccccc3o2)SC(=S)N1C1CC2CCC1C2. The molecule has 1 aromatic heterocycles. The Bertz CT molecular complexity index is 851. The van der Waals surface area contributed by atoms with Crippen LogP contribution in [-0.2, 0) is 4.79 Å². The van der Waals surface area contributed by atoms with Gasteiger partial charge in [-0.3, -0.25) is 9.69 Å². The lowest BCUT2D eigenvalue weighted by Crippen LogP contribution is -2.41. The van der Waals surface area contributed by atoms with Crippen LogP contribution in [0, 0.1) is 11.8 Å². The molecule has 1 saturated heterocycles. The van der Waals surface area contributed by atoms with E-state index < -0.39 is 0 Å². The van der Waals surface area contributed by atoms with Gasteiger partial charge in [0, 0.05) is 17.5 Å². The highest BCUT2D eigenvalue weighted by Gasteiger charge is 2.47. The molecule has 3 fully saturated rings. The molecule has 122 valence electrons. The number of furan rings is 1. The van der Waals surface area contributed by atoms with Crippen molar-refractivity contribution < 1.29 is 9.21 Å². The number of carbonyl (C=O) groups excluding carboxylic acids is 1. The van der Waals surface area contributed by atoms with Crippen molar-refractivity contribution in [2.45, 2.75) is 31.7 Å². The molecular weight excluding hydrogens is 338 g/mol. The van der Waals surface area contributed by atoms with Gasteiger partial charge in [0.25, 0.3) is 5.91 Å². The van der Waals surface area contributed by atoms with Crippen LogP contribution in [0.2, 0.25) is 0 Å². The Kier molecular flexibility index (Phi) is 3.35. The van der Waals surface area contributed by atoms with Gasteiger partial charge in [-0.25, -0.2) is 0 Å². The average Bonchev–Trinajstić information content (AvgIpc) is 3.31. The smallest absolute Gasteiger partial charge is 0.266 e. The van der Waals surface area contributed by atoms with Gasteiger partial charge in [-0.2, -0.15) is 0 Å². The maximum absolute atomic E-state index is 12.9. The van der Waals surface area contributed by atoms with Gasteiger partial charge in [-0.1, -0.05) is 48.6 Å². The molecule has 1 aliphatic heterocycles. The molecule has 0 spiro atoms. The number of amides is 1. The summed E-state index contributed by atoms with van der Waals surface area (Å²) in [5.41, 5.74) is 0.840. The zero-order valence-electron chi connectivity index (χ0n) is 13.1. The van der Waals surface area contributed by atoms with Crippen LogP contribution in [-0.4, -0.2) is 21.2 Å². The van der Waals surface area contributed by atoms with Gasteiger partial charge in [0.15, 0.2) is 0 Å².